The van der Waals surface area contributed by atoms with Gasteiger partial charge in [0.2, 0.25) is 9.23 Å². The molecule has 0 bridgehead atoms. The average Bonchev–Trinajstić information content (AvgIpc) is 3.34. The summed E-state index contributed by atoms with van der Waals surface area (Å²) >= 11 is 0. The maximum absolute atomic E-state index is 11.9. The number of esters is 1. The minimum absolute atomic E-state index is 0.0336. The Morgan fingerprint density at radius 3 is 1.64 bits per heavy atom. The number of carboxylic acids is 1. The molecule has 4 rings (SSSR count). The highest BCUT2D eigenvalue weighted by atomic mass is 36.0. The number of ether oxygens (including phenoxy) is 1. The van der Waals surface area contributed by atoms with Crippen LogP contribution in [-0.2, 0) is 49.2 Å². The summed E-state index contributed by atoms with van der Waals surface area (Å²) in [5, 5.41) is 8.93. The van der Waals surface area contributed by atoms with Crippen LogP contribution in [0.4, 0.5) is 0 Å². The Labute approximate surface area is 240 Å². The van der Waals surface area contributed by atoms with E-state index in [0.29, 0.717) is 12.8 Å². The lowest BCUT2D eigenvalue weighted by atomic mass is 9.94. The zero-order chi connectivity index (χ0) is 29.4. The van der Waals surface area contributed by atoms with Crippen molar-refractivity contribution >= 4 is 54.1 Å². The number of rotatable bonds is 6. The lowest BCUT2D eigenvalue weighted by Crippen LogP contribution is -2.16. The summed E-state index contributed by atoms with van der Waals surface area (Å²) in [6.45, 7) is 7.43. The second kappa shape index (κ2) is 14.7. The van der Waals surface area contributed by atoms with E-state index in [0.717, 1.165) is 46.2 Å². The first kappa shape index (κ1) is 32.7. The quantitative estimate of drug-likeness (QED) is 0.332. The molecule has 0 fully saturated rings. The second-order valence-electron chi connectivity index (χ2n) is 10.1. The molecule has 4 atom stereocenters. The molecular weight excluding hydrogens is 563 g/mol. The third kappa shape index (κ3) is 8.72. The van der Waals surface area contributed by atoms with Crippen LogP contribution in [0.15, 0.2) is 36.4 Å². The predicted molar refractivity (Wildman–Crippen MR) is 153 cm³/mol. The Morgan fingerprint density at radius 2 is 1.28 bits per heavy atom. The van der Waals surface area contributed by atoms with Crippen LogP contribution in [0, 0.1) is 23.7 Å². The number of hydrogen-bond acceptors (Lipinski definition) is 6. The van der Waals surface area contributed by atoms with Gasteiger partial charge in [-0.05, 0) is 47.9 Å². The van der Waals surface area contributed by atoms with Crippen molar-refractivity contribution in [3.8, 4) is 0 Å². The summed E-state index contributed by atoms with van der Waals surface area (Å²) in [5.41, 5.74) is 5.90. The molecule has 10 heteroatoms. The topological polar surface area (TPSA) is 115 Å². The van der Waals surface area contributed by atoms with Gasteiger partial charge in [-0.3, -0.25) is 19.2 Å². The van der Waals surface area contributed by atoms with E-state index in [1.165, 1.54) is 7.11 Å². The van der Waals surface area contributed by atoms with Crippen LogP contribution in [0.5, 0.6) is 0 Å². The Kier molecular flexibility index (Phi) is 12.3. The van der Waals surface area contributed by atoms with Gasteiger partial charge in [-0.25, -0.2) is 4.21 Å². The number of carbonyl (C=O) groups excluding carboxylic acids is 3. The maximum Gasteiger partial charge on any atom is 0.308 e. The Bertz CT molecular complexity index is 1260. The summed E-state index contributed by atoms with van der Waals surface area (Å²) in [4.78, 5) is 46.1. The molecule has 212 valence electrons. The minimum atomic E-state index is -1.67. The van der Waals surface area contributed by atoms with Crippen molar-refractivity contribution in [2.75, 3.05) is 7.11 Å². The third-order valence-corrected chi connectivity index (χ3v) is 7.07. The standard InChI is InChI=1S/C15H18O3.C14H16O3.Cl2OS/c1-9-8-13-11(7-10(2)15(17)18-3)5-4-6-12(13)14(9)16;1-8-7-12-10(6-9(2)14(16)17)4-3-5-11(12)13(8)15;1-4(2)3/h4-6,9-10H,7-8H2,1-3H3;3-5,8-9H,6-7H2,1-2H3,(H,16,17);. The molecule has 4 unspecified atom stereocenters. The molecule has 0 aromatic heterocycles. The maximum atomic E-state index is 11.9. The van der Waals surface area contributed by atoms with Crippen molar-refractivity contribution in [1.29, 1.82) is 0 Å². The molecule has 0 saturated heterocycles. The number of hydrogen-bond donors (Lipinski definition) is 1. The van der Waals surface area contributed by atoms with Crippen molar-refractivity contribution in [2.45, 2.75) is 53.4 Å². The number of benzene rings is 2. The van der Waals surface area contributed by atoms with Crippen LogP contribution in [0.2, 0.25) is 0 Å². The molecule has 2 aromatic carbocycles. The molecule has 2 aliphatic rings. The van der Waals surface area contributed by atoms with E-state index < -0.39 is 21.1 Å². The fourth-order valence-electron chi connectivity index (χ4n) is 4.96. The molecule has 0 saturated carbocycles. The van der Waals surface area contributed by atoms with Crippen molar-refractivity contribution in [3.63, 3.8) is 0 Å². The predicted octanol–water partition coefficient (Wildman–Crippen LogP) is 5.78. The number of halogens is 2. The van der Waals surface area contributed by atoms with Crippen molar-refractivity contribution in [1.82, 2.24) is 0 Å². The van der Waals surface area contributed by atoms with E-state index in [9.17, 15) is 19.2 Å². The molecule has 7 nitrogen and oxygen atoms in total. The van der Waals surface area contributed by atoms with Gasteiger partial charge in [-0.1, -0.05) is 64.1 Å². The molecule has 39 heavy (non-hydrogen) atoms. The number of ketones is 2. The summed E-state index contributed by atoms with van der Waals surface area (Å²) in [6, 6.07) is 11.4. The summed E-state index contributed by atoms with van der Waals surface area (Å²) in [5.74, 6) is -1.08. The summed E-state index contributed by atoms with van der Waals surface area (Å²) < 4.78 is 13.8. The van der Waals surface area contributed by atoms with Gasteiger partial charge in [0.1, 0.15) is 0 Å². The molecule has 0 radical (unpaired) electrons. The van der Waals surface area contributed by atoms with Gasteiger partial charge in [0, 0.05) is 44.3 Å². The van der Waals surface area contributed by atoms with E-state index in [1.54, 1.807) is 6.92 Å². The molecule has 0 amide bonds. The smallest absolute Gasteiger partial charge is 0.308 e. The number of fused-ring (bicyclic) bond motifs is 2. The van der Waals surface area contributed by atoms with Crippen molar-refractivity contribution < 1.29 is 33.2 Å². The lowest BCUT2D eigenvalue weighted by Gasteiger charge is -2.12. The molecule has 2 aromatic rings. The average molecular weight is 598 g/mol. The van der Waals surface area contributed by atoms with Crippen molar-refractivity contribution in [2.24, 2.45) is 23.7 Å². The highest BCUT2D eigenvalue weighted by Gasteiger charge is 2.30. The Hall–Kier alpha value is -2.55. The molecule has 1 N–H and O–H groups in total. The zero-order valence-electron chi connectivity index (χ0n) is 22.7. The van der Waals surface area contributed by atoms with Crippen LogP contribution in [-0.4, -0.2) is 39.9 Å². The molecule has 0 heterocycles. The first-order valence-corrected chi connectivity index (χ1v) is 15.4. The third-order valence-electron chi connectivity index (χ3n) is 7.07. The van der Waals surface area contributed by atoms with Crippen LogP contribution < -0.4 is 0 Å². The fourth-order valence-corrected chi connectivity index (χ4v) is 4.96. The van der Waals surface area contributed by atoms with E-state index >= 15 is 0 Å². The van der Waals surface area contributed by atoms with Gasteiger partial charge < -0.3 is 9.84 Å². The van der Waals surface area contributed by atoms with Crippen LogP contribution >= 0.6 is 21.4 Å². The van der Waals surface area contributed by atoms with Gasteiger partial charge in [0.15, 0.2) is 11.6 Å². The van der Waals surface area contributed by atoms with Crippen LogP contribution in [0.25, 0.3) is 0 Å². The molecular formula is C29H34Cl2O7S. The summed E-state index contributed by atoms with van der Waals surface area (Å²) in [7, 11) is 8.76. The lowest BCUT2D eigenvalue weighted by molar-refractivity contribution is -0.144. The van der Waals surface area contributed by atoms with Gasteiger partial charge in [0.25, 0.3) is 0 Å². The van der Waals surface area contributed by atoms with E-state index in [1.807, 2.05) is 57.2 Å². The zero-order valence-corrected chi connectivity index (χ0v) is 25.0. The van der Waals surface area contributed by atoms with E-state index in [-0.39, 0.29) is 35.3 Å². The SMILES string of the molecule is CC(Cc1cccc2c1CC(C)C2=O)C(=O)O.COC(=O)C(C)Cc1cccc2c1CC(C)C2=O.O=S(Cl)Cl. The largest absolute Gasteiger partial charge is 0.481 e. The number of methoxy groups -OCH3 is 1. The van der Waals surface area contributed by atoms with E-state index in [2.05, 4.69) is 21.4 Å². The molecule has 2 aliphatic carbocycles. The number of carbonyl (C=O) groups is 4. The molecule has 0 aliphatic heterocycles. The number of Topliss-reactive ketones (excluding diaryl/α,β-unsaturated/α-hetero) is 2. The summed E-state index contributed by atoms with van der Waals surface area (Å²) in [6.07, 6.45) is 2.67. The van der Waals surface area contributed by atoms with Crippen LogP contribution in [0.3, 0.4) is 0 Å². The van der Waals surface area contributed by atoms with Gasteiger partial charge in [0.05, 0.1) is 18.9 Å². The minimum Gasteiger partial charge on any atom is -0.481 e. The normalized spacial score (nSPS) is 18.7. The highest BCUT2D eigenvalue weighted by Crippen LogP contribution is 2.31. The van der Waals surface area contributed by atoms with Gasteiger partial charge in [-0.2, -0.15) is 0 Å². The van der Waals surface area contributed by atoms with Crippen molar-refractivity contribution in [3.05, 3.63) is 69.8 Å². The first-order chi connectivity index (χ1) is 18.3. The Morgan fingerprint density at radius 1 is 0.897 bits per heavy atom. The van der Waals surface area contributed by atoms with Gasteiger partial charge in [-0.15, -0.1) is 0 Å². The second-order valence-corrected chi connectivity index (χ2v) is 12.6. The fraction of sp³-hybridized carbons (Fsp3) is 0.448. The molecule has 0 spiro atoms. The monoisotopic (exact) mass is 596 g/mol. The number of carboxylic acid groups (broad SMARTS) is 1. The first-order valence-electron chi connectivity index (χ1n) is 12.6. The Balaban J connectivity index is 0.000000241. The number of aliphatic carboxylic acids is 1. The highest BCUT2D eigenvalue weighted by molar-refractivity contribution is 8.26. The van der Waals surface area contributed by atoms with Crippen LogP contribution in [0.1, 0.15) is 70.7 Å². The van der Waals surface area contributed by atoms with Gasteiger partial charge >= 0.3 is 11.9 Å². The van der Waals surface area contributed by atoms with E-state index in [4.69, 9.17) is 14.1 Å².